The first-order chi connectivity index (χ1) is 14.1. The quantitative estimate of drug-likeness (QED) is 0.652. The maximum atomic E-state index is 13.0. The fourth-order valence-corrected chi connectivity index (χ4v) is 4.25. The minimum absolute atomic E-state index is 0.0116. The number of para-hydroxylation sites is 1. The molecule has 0 spiro atoms. The molecule has 1 N–H and O–H groups in total. The van der Waals surface area contributed by atoms with Gasteiger partial charge in [-0.1, -0.05) is 36.2 Å². The second-order valence-corrected chi connectivity index (χ2v) is 7.69. The van der Waals surface area contributed by atoms with Crippen molar-refractivity contribution in [2.24, 2.45) is 0 Å². The Morgan fingerprint density at radius 1 is 1.17 bits per heavy atom. The zero-order chi connectivity index (χ0) is 20.2. The van der Waals surface area contributed by atoms with Gasteiger partial charge in [0.1, 0.15) is 10.9 Å². The summed E-state index contributed by atoms with van der Waals surface area (Å²) in [7, 11) is 0. The van der Waals surface area contributed by atoms with Crippen molar-refractivity contribution in [3.05, 3.63) is 70.9 Å². The van der Waals surface area contributed by atoms with Gasteiger partial charge in [-0.15, -0.1) is 0 Å². The number of aryl methyl sites for hydroxylation is 1. The minimum Gasteiger partial charge on any atom is -0.468 e. The molecule has 0 bridgehead atoms. The molecule has 1 fully saturated rings. The lowest BCUT2D eigenvalue weighted by molar-refractivity contribution is 0.0913. The first kappa shape index (κ1) is 19.7. The van der Waals surface area contributed by atoms with Gasteiger partial charge >= 0.3 is 0 Å². The molecule has 0 saturated carbocycles. The number of piperidine rings is 1. The van der Waals surface area contributed by atoms with Gasteiger partial charge in [0.25, 0.3) is 5.91 Å². The molecule has 6 nitrogen and oxygen atoms in total. The molecule has 1 aliphatic heterocycles. The molecule has 1 unspecified atom stereocenters. The number of carbonyl (C=O) groups is 1. The topological polar surface area (TPSA) is 63.3 Å². The number of amides is 1. The highest BCUT2D eigenvalue weighted by Gasteiger charge is 2.27. The summed E-state index contributed by atoms with van der Waals surface area (Å²) in [4.78, 5) is 15.4. The number of nitrogens with one attached hydrogen (secondary N) is 1. The fourth-order valence-electron chi connectivity index (χ4n) is 3.90. The van der Waals surface area contributed by atoms with E-state index in [1.807, 2.05) is 42.5 Å². The lowest BCUT2D eigenvalue weighted by Gasteiger charge is -2.33. The number of furan rings is 1. The van der Waals surface area contributed by atoms with Crippen molar-refractivity contribution >= 4 is 17.5 Å². The summed E-state index contributed by atoms with van der Waals surface area (Å²) < 4.78 is 7.26. The highest BCUT2D eigenvalue weighted by molar-refractivity contribution is 6.33. The third-order valence-corrected chi connectivity index (χ3v) is 5.74. The van der Waals surface area contributed by atoms with Crippen molar-refractivity contribution in [2.45, 2.75) is 32.2 Å². The van der Waals surface area contributed by atoms with Crippen molar-refractivity contribution in [3.8, 4) is 5.69 Å². The Hall–Kier alpha value is -2.57. The molecule has 1 aliphatic rings. The molecule has 29 heavy (non-hydrogen) atoms. The number of aromatic nitrogens is 2. The first-order valence-corrected chi connectivity index (χ1v) is 10.4. The van der Waals surface area contributed by atoms with E-state index < -0.39 is 0 Å². The van der Waals surface area contributed by atoms with Crippen LogP contribution < -0.4 is 5.32 Å². The van der Waals surface area contributed by atoms with Gasteiger partial charge in [-0.2, -0.15) is 5.10 Å². The summed E-state index contributed by atoms with van der Waals surface area (Å²) in [5, 5.41) is 7.83. The molecule has 2 aromatic heterocycles. The molecule has 1 saturated heterocycles. The molecule has 152 valence electrons. The smallest absolute Gasteiger partial charge is 0.256 e. The highest BCUT2D eigenvalue weighted by Crippen LogP contribution is 2.26. The van der Waals surface area contributed by atoms with Crippen molar-refractivity contribution in [1.29, 1.82) is 0 Å². The zero-order valence-electron chi connectivity index (χ0n) is 16.5. The lowest BCUT2D eigenvalue weighted by Crippen LogP contribution is -2.40. The van der Waals surface area contributed by atoms with Crippen molar-refractivity contribution in [1.82, 2.24) is 20.0 Å². The predicted octanol–water partition coefficient (Wildman–Crippen LogP) is 4.38. The number of carbonyl (C=O) groups excluding carboxylic acids is 1. The molecular weight excluding hydrogens is 388 g/mol. The number of likely N-dealkylation sites (tertiary alicyclic amines) is 1. The van der Waals surface area contributed by atoms with Gasteiger partial charge in [0.15, 0.2) is 0 Å². The average molecular weight is 413 g/mol. The molecule has 0 radical (unpaired) electrons. The van der Waals surface area contributed by atoms with E-state index in [9.17, 15) is 4.79 Å². The van der Waals surface area contributed by atoms with Crippen LogP contribution in [-0.4, -0.2) is 40.2 Å². The maximum absolute atomic E-state index is 13.0. The van der Waals surface area contributed by atoms with Crippen LogP contribution in [0.1, 0.15) is 47.1 Å². The van der Waals surface area contributed by atoms with Gasteiger partial charge < -0.3 is 9.73 Å². The predicted molar refractivity (Wildman–Crippen MR) is 113 cm³/mol. The number of nitrogens with zero attached hydrogens (tertiary/aromatic N) is 3. The maximum Gasteiger partial charge on any atom is 0.256 e. The van der Waals surface area contributed by atoms with Gasteiger partial charge in [0.05, 0.1) is 29.2 Å². The molecular formula is C22H25ClN4O2. The Morgan fingerprint density at radius 3 is 2.62 bits per heavy atom. The summed E-state index contributed by atoms with van der Waals surface area (Å²) in [6.45, 7) is 4.27. The van der Waals surface area contributed by atoms with Crippen LogP contribution in [0.2, 0.25) is 5.15 Å². The molecule has 3 aromatic rings. The van der Waals surface area contributed by atoms with E-state index >= 15 is 0 Å². The second kappa shape index (κ2) is 8.84. The molecule has 1 aromatic carbocycles. The molecule has 1 amide bonds. The zero-order valence-corrected chi connectivity index (χ0v) is 17.2. The SMILES string of the molecule is Cc1nn(-c2ccccc2)c(Cl)c1C(=O)NCC(c1ccco1)N1CCCCC1. The number of hydrogen-bond acceptors (Lipinski definition) is 4. The van der Waals surface area contributed by atoms with Gasteiger partial charge in [-0.25, -0.2) is 4.68 Å². The number of halogens is 1. The number of benzene rings is 1. The monoisotopic (exact) mass is 412 g/mol. The molecule has 4 rings (SSSR count). The Morgan fingerprint density at radius 2 is 1.93 bits per heavy atom. The van der Waals surface area contributed by atoms with Crippen LogP contribution >= 0.6 is 11.6 Å². The van der Waals surface area contributed by atoms with Crippen LogP contribution in [0.4, 0.5) is 0 Å². The van der Waals surface area contributed by atoms with Crippen molar-refractivity contribution < 1.29 is 9.21 Å². The molecule has 0 aliphatic carbocycles. The van der Waals surface area contributed by atoms with Gasteiger partial charge in [-0.05, 0) is 57.1 Å². The van der Waals surface area contributed by atoms with Crippen LogP contribution in [0.15, 0.2) is 53.1 Å². The summed E-state index contributed by atoms with van der Waals surface area (Å²) in [5.74, 6) is 0.651. The van der Waals surface area contributed by atoms with Gasteiger partial charge in [0, 0.05) is 6.54 Å². The lowest BCUT2D eigenvalue weighted by atomic mass is 10.1. The van der Waals surface area contributed by atoms with E-state index in [-0.39, 0.29) is 11.9 Å². The van der Waals surface area contributed by atoms with Crippen LogP contribution in [0, 0.1) is 6.92 Å². The van der Waals surface area contributed by atoms with E-state index in [1.165, 1.54) is 19.3 Å². The third-order valence-electron chi connectivity index (χ3n) is 5.39. The van der Waals surface area contributed by atoms with Gasteiger partial charge in [-0.3, -0.25) is 9.69 Å². The van der Waals surface area contributed by atoms with Crippen LogP contribution in [0.25, 0.3) is 5.69 Å². The minimum atomic E-state index is -0.219. The van der Waals surface area contributed by atoms with Gasteiger partial charge in [0.2, 0.25) is 0 Å². The van der Waals surface area contributed by atoms with Crippen molar-refractivity contribution in [2.75, 3.05) is 19.6 Å². The largest absolute Gasteiger partial charge is 0.468 e. The van der Waals surface area contributed by atoms with Crippen LogP contribution in [-0.2, 0) is 0 Å². The number of rotatable bonds is 6. The fraction of sp³-hybridized carbons (Fsp3) is 0.364. The Kier molecular flexibility index (Phi) is 6.02. The van der Waals surface area contributed by atoms with Crippen molar-refractivity contribution in [3.63, 3.8) is 0 Å². The summed E-state index contributed by atoms with van der Waals surface area (Å²) in [6.07, 6.45) is 5.26. The average Bonchev–Trinajstić information content (AvgIpc) is 3.38. The number of hydrogen-bond donors (Lipinski definition) is 1. The van der Waals surface area contributed by atoms with E-state index in [4.69, 9.17) is 16.0 Å². The highest BCUT2D eigenvalue weighted by atomic mass is 35.5. The first-order valence-electron chi connectivity index (χ1n) is 10.0. The Labute approximate surface area is 175 Å². The second-order valence-electron chi connectivity index (χ2n) is 7.34. The van der Waals surface area contributed by atoms with E-state index in [2.05, 4.69) is 15.3 Å². The molecule has 1 atom stereocenters. The molecule has 3 heterocycles. The van der Waals surface area contributed by atoms with Crippen LogP contribution in [0.5, 0.6) is 0 Å². The van der Waals surface area contributed by atoms with Crippen LogP contribution in [0.3, 0.4) is 0 Å². The summed E-state index contributed by atoms with van der Waals surface area (Å²) >= 11 is 6.53. The van der Waals surface area contributed by atoms with E-state index in [0.29, 0.717) is 23.0 Å². The Bertz CT molecular complexity index is 947. The standard InChI is InChI=1S/C22H25ClN4O2/c1-16-20(21(23)27(25-16)17-9-4-2-5-10-17)22(28)24-15-18(19-11-8-14-29-19)26-12-6-3-7-13-26/h2,4-5,8-11,14,18H,3,6-7,12-13,15H2,1H3,(H,24,28). The summed E-state index contributed by atoms with van der Waals surface area (Å²) in [6, 6.07) is 13.4. The third kappa shape index (κ3) is 4.23. The van der Waals surface area contributed by atoms with E-state index in [0.717, 1.165) is 24.5 Å². The van der Waals surface area contributed by atoms with E-state index in [1.54, 1.807) is 17.9 Å². The molecule has 7 heteroatoms. The normalized spacial score (nSPS) is 15.9. The Balaban J connectivity index is 1.52. The summed E-state index contributed by atoms with van der Waals surface area (Å²) in [5.41, 5.74) is 1.83.